The zero-order valence-corrected chi connectivity index (χ0v) is 9.52. The highest BCUT2D eigenvalue weighted by Crippen LogP contribution is 2.11. The van der Waals surface area contributed by atoms with Gasteiger partial charge in [0.1, 0.15) is 6.61 Å². The zero-order chi connectivity index (χ0) is 12.1. The average Bonchev–Trinajstić information content (AvgIpc) is 2.73. The van der Waals surface area contributed by atoms with Crippen molar-refractivity contribution in [2.24, 2.45) is 0 Å². The second kappa shape index (κ2) is 5.48. The first kappa shape index (κ1) is 11.6. The van der Waals surface area contributed by atoms with E-state index in [1.165, 1.54) is 0 Å². The molecule has 0 unspecified atom stereocenters. The molecular weight excluding hydrogens is 218 g/mol. The van der Waals surface area contributed by atoms with Crippen LogP contribution in [0.2, 0.25) is 0 Å². The van der Waals surface area contributed by atoms with Crippen molar-refractivity contribution in [3.8, 4) is 0 Å². The molecule has 1 fully saturated rings. The van der Waals surface area contributed by atoms with Crippen molar-refractivity contribution in [1.82, 2.24) is 5.32 Å². The van der Waals surface area contributed by atoms with Gasteiger partial charge < -0.3 is 10.1 Å². The molecule has 17 heavy (non-hydrogen) atoms. The number of carbonyl (C=O) groups is 2. The molecule has 1 aliphatic rings. The molecule has 0 aromatic heterocycles. The molecule has 0 saturated carbocycles. The number of amides is 1. The van der Waals surface area contributed by atoms with Crippen molar-refractivity contribution in [3.63, 3.8) is 0 Å². The summed E-state index contributed by atoms with van der Waals surface area (Å²) in [6, 6.07) is 9.49. The first-order chi connectivity index (χ1) is 8.24. The number of rotatable bonds is 4. The molecule has 1 amide bonds. The molecule has 90 valence electrons. The molecule has 4 heteroatoms. The largest absolute Gasteiger partial charge is 0.461 e. The Morgan fingerprint density at radius 1 is 1.35 bits per heavy atom. The van der Waals surface area contributed by atoms with E-state index in [4.69, 9.17) is 4.74 Å². The standard InChI is InChI=1S/C13H15NO3/c15-12-7-6-11(14-12)8-13(16)17-9-10-4-2-1-3-5-10/h1-5,11H,6-9H2,(H,14,15)/t11-/m0/s1. The molecule has 1 N–H and O–H groups in total. The number of benzene rings is 1. The Hall–Kier alpha value is -1.84. The summed E-state index contributed by atoms with van der Waals surface area (Å²) in [5.41, 5.74) is 0.969. The van der Waals surface area contributed by atoms with Crippen molar-refractivity contribution >= 4 is 11.9 Å². The number of carbonyl (C=O) groups excluding carboxylic acids is 2. The van der Waals surface area contributed by atoms with Crippen LogP contribution in [-0.4, -0.2) is 17.9 Å². The van der Waals surface area contributed by atoms with Gasteiger partial charge in [0.15, 0.2) is 0 Å². The monoisotopic (exact) mass is 233 g/mol. The van der Waals surface area contributed by atoms with Crippen LogP contribution < -0.4 is 5.32 Å². The molecule has 4 nitrogen and oxygen atoms in total. The van der Waals surface area contributed by atoms with Gasteiger partial charge in [-0.05, 0) is 12.0 Å². The van der Waals surface area contributed by atoms with E-state index >= 15 is 0 Å². The van der Waals surface area contributed by atoms with Crippen LogP contribution in [0.25, 0.3) is 0 Å². The van der Waals surface area contributed by atoms with Crippen LogP contribution in [0.5, 0.6) is 0 Å². The molecule has 1 atom stereocenters. The highest BCUT2D eigenvalue weighted by atomic mass is 16.5. The third-order valence-corrected chi connectivity index (χ3v) is 2.74. The fraction of sp³-hybridized carbons (Fsp3) is 0.385. The predicted molar refractivity (Wildman–Crippen MR) is 62.0 cm³/mol. The van der Waals surface area contributed by atoms with Crippen LogP contribution in [0.4, 0.5) is 0 Å². The minimum absolute atomic E-state index is 0.0193. The molecule has 0 aliphatic carbocycles. The van der Waals surface area contributed by atoms with E-state index in [2.05, 4.69) is 5.32 Å². The van der Waals surface area contributed by atoms with Crippen molar-refractivity contribution in [3.05, 3.63) is 35.9 Å². The van der Waals surface area contributed by atoms with E-state index in [9.17, 15) is 9.59 Å². The maximum atomic E-state index is 11.5. The lowest BCUT2D eigenvalue weighted by Crippen LogP contribution is -2.28. The van der Waals surface area contributed by atoms with E-state index < -0.39 is 0 Å². The van der Waals surface area contributed by atoms with Crippen molar-refractivity contribution in [2.45, 2.75) is 31.9 Å². The Bertz CT molecular complexity index is 402. The van der Waals surface area contributed by atoms with Gasteiger partial charge in [0, 0.05) is 12.5 Å². The van der Waals surface area contributed by atoms with Gasteiger partial charge in [-0.15, -0.1) is 0 Å². The summed E-state index contributed by atoms with van der Waals surface area (Å²) in [6.45, 7) is 0.292. The maximum Gasteiger partial charge on any atom is 0.308 e. The summed E-state index contributed by atoms with van der Waals surface area (Å²) in [4.78, 5) is 22.5. The van der Waals surface area contributed by atoms with Gasteiger partial charge in [-0.25, -0.2) is 0 Å². The summed E-state index contributed by atoms with van der Waals surface area (Å²) in [5.74, 6) is -0.244. The lowest BCUT2D eigenvalue weighted by molar-refractivity contribution is -0.145. The SMILES string of the molecule is O=C1CC[C@@H](CC(=O)OCc2ccccc2)N1. The number of nitrogens with one attached hydrogen (secondary N) is 1. The Kier molecular flexibility index (Phi) is 3.75. The molecular formula is C13H15NO3. The summed E-state index contributed by atoms with van der Waals surface area (Å²) in [6.07, 6.45) is 1.49. The van der Waals surface area contributed by atoms with Gasteiger partial charge in [0.05, 0.1) is 6.42 Å². The van der Waals surface area contributed by atoms with Crippen LogP contribution in [0, 0.1) is 0 Å². The van der Waals surface area contributed by atoms with Crippen LogP contribution in [0.1, 0.15) is 24.8 Å². The first-order valence-corrected chi connectivity index (χ1v) is 5.73. The molecule has 1 aromatic carbocycles. The first-order valence-electron chi connectivity index (χ1n) is 5.73. The Morgan fingerprint density at radius 2 is 2.12 bits per heavy atom. The highest BCUT2D eigenvalue weighted by Gasteiger charge is 2.23. The van der Waals surface area contributed by atoms with E-state index in [1.54, 1.807) is 0 Å². The number of hydrogen-bond donors (Lipinski definition) is 1. The van der Waals surface area contributed by atoms with Gasteiger partial charge in [-0.3, -0.25) is 9.59 Å². The smallest absolute Gasteiger partial charge is 0.308 e. The molecule has 2 rings (SSSR count). The van der Waals surface area contributed by atoms with Crippen molar-refractivity contribution in [2.75, 3.05) is 0 Å². The van der Waals surface area contributed by atoms with Crippen LogP contribution >= 0.6 is 0 Å². The third-order valence-electron chi connectivity index (χ3n) is 2.74. The van der Waals surface area contributed by atoms with Crippen molar-refractivity contribution in [1.29, 1.82) is 0 Å². The van der Waals surface area contributed by atoms with E-state index in [1.807, 2.05) is 30.3 Å². The second-order valence-corrected chi connectivity index (χ2v) is 4.15. The van der Waals surface area contributed by atoms with Gasteiger partial charge in [0.25, 0.3) is 0 Å². The fourth-order valence-electron chi connectivity index (χ4n) is 1.83. The van der Waals surface area contributed by atoms with Gasteiger partial charge in [-0.1, -0.05) is 30.3 Å². The lowest BCUT2D eigenvalue weighted by Gasteiger charge is -2.09. The summed E-state index contributed by atoms with van der Waals surface area (Å²) in [7, 11) is 0. The lowest BCUT2D eigenvalue weighted by atomic mass is 10.1. The summed E-state index contributed by atoms with van der Waals surface area (Å²) < 4.78 is 5.14. The number of esters is 1. The van der Waals surface area contributed by atoms with Gasteiger partial charge in [-0.2, -0.15) is 0 Å². The van der Waals surface area contributed by atoms with E-state index in [-0.39, 0.29) is 24.3 Å². The quantitative estimate of drug-likeness (QED) is 0.800. The Balaban J connectivity index is 1.73. The average molecular weight is 233 g/mol. The van der Waals surface area contributed by atoms with Crippen LogP contribution in [0.3, 0.4) is 0 Å². The predicted octanol–water partition coefficient (Wildman–Crippen LogP) is 1.40. The normalized spacial score (nSPS) is 18.8. The Morgan fingerprint density at radius 3 is 2.76 bits per heavy atom. The molecule has 1 aromatic rings. The minimum atomic E-state index is -0.263. The molecule has 1 aliphatic heterocycles. The molecule has 0 spiro atoms. The third kappa shape index (κ3) is 3.59. The molecule has 1 saturated heterocycles. The molecule has 1 heterocycles. The van der Waals surface area contributed by atoms with Crippen molar-refractivity contribution < 1.29 is 14.3 Å². The van der Waals surface area contributed by atoms with E-state index in [0.29, 0.717) is 13.0 Å². The van der Waals surface area contributed by atoms with Gasteiger partial charge >= 0.3 is 5.97 Å². The van der Waals surface area contributed by atoms with Crippen LogP contribution in [0.15, 0.2) is 30.3 Å². The Labute approximate surface area is 100.0 Å². The fourth-order valence-corrected chi connectivity index (χ4v) is 1.83. The maximum absolute atomic E-state index is 11.5. The second-order valence-electron chi connectivity index (χ2n) is 4.15. The number of hydrogen-bond acceptors (Lipinski definition) is 3. The highest BCUT2D eigenvalue weighted by molar-refractivity contribution is 5.80. The van der Waals surface area contributed by atoms with E-state index in [0.717, 1.165) is 12.0 Å². The summed E-state index contributed by atoms with van der Waals surface area (Å²) in [5, 5.41) is 2.74. The number of ether oxygens (including phenoxy) is 1. The topological polar surface area (TPSA) is 55.4 Å². The molecule has 0 radical (unpaired) electrons. The summed E-state index contributed by atoms with van der Waals surface area (Å²) >= 11 is 0. The zero-order valence-electron chi connectivity index (χ0n) is 9.52. The molecule has 0 bridgehead atoms. The minimum Gasteiger partial charge on any atom is -0.461 e. The van der Waals surface area contributed by atoms with Crippen LogP contribution in [-0.2, 0) is 20.9 Å². The van der Waals surface area contributed by atoms with Gasteiger partial charge in [0.2, 0.25) is 5.91 Å².